The molecular formula is C16H22Br4N2O2. The molecule has 1 aliphatic heterocycles. The van der Waals surface area contributed by atoms with Crippen molar-refractivity contribution < 1.29 is 9.59 Å². The fourth-order valence-electron chi connectivity index (χ4n) is 3.59. The van der Waals surface area contributed by atoms with Crippen LogP contribution in [0, 0.1) is 10.8 Å². The van der Waals surface area contributed by atoms with Crippen molar-refractivity contribution in [2.75, 3.05) is 13.1 Å². The van der Waals surface area contributed by atoms with Crippen LogP contribution in [0.3, 0.4) is 0 Å². The fraction of sp³-hybridized carbons (Fsp3) is 0.875. The molecule has 0 spiro atoms. The summed E-state index contributed by atoms with van der Waals surface area (Å²) in [5.74, 6) is 0.325. The van der Waals surface area contributed by atoms with Gasteiger partial charge in [0.25, 0.3) is 0 Å². The van der Waals surface area contributed by atoms with E-state index in [0.29, 0.717) is 13.1 Å². The molecule has 2 aliphatic carbocycles. The zero-order valence-corrected chi connectivity index (χ0v) is 20.5. The van der Waals surface area contributed by atoms with E-state index in [2.05, 4.69) is 63.7 Å². The Morgan fingerprint density at radius 1 is 0.792 bits per heavy atom. The van der Waals surface area contributed by atoms with Crippen LogP contribution in [-0.2, 0) is 9.59 Å². The predicted molar refractivity (Wildman–Crippen MR) is 109 cm³/mol. The number of carbonyl (C=O) groups excluding carboxylic acids is 2. The van der Waals surface area contributed by atoms with Crippen LogP contribution >= 0.6 is 63.7 Å². The van der Waals surface area contributed by atoms with Gasteiger partial charge in [-0.15, -0.1) is 0 Å². The molecule has 4 atom stereocenters. The molecule has 2 amide bonds. The maximum atomic E-state index is 13.0. The Morgan fingerprint density at radius 2 is 1.04 bits per heavy atom. The summed E-state index contributed by atoms with van der Waals surface area (Å²) in [4.78, 5) is 29.9. The highest BCUT2D eigenvalue weighted by Gasteiger charge is 2.69. The lowest BCUT2D eigenvalue weighted by Gasteiger charge is -2.46. The van der Waals surface area contributed by atoms with E-state index in [4.69, 9.17) is 0 Å². The van der Waals surface area contributed by atoms with Crippen molar-refractivity contribution in [1.82, 2.24) is 9.80 Å². The maximum absolute atomic E-state index is 13.0. The summed E-state index contributed by atoms with van der Waals surface area (Å²) >= 11 is 14.3. The van der Waals surface area contributed by atoms with Crippen LogP contribution in [0.5, 0.6) is 0 Å². The minimum absolute atomic E-state index is 0.0216. The van der Waals surface area contributed by atoms with Crippen molar-refractivity contribution in [1.29, 1.82) is 0 Å². The van der Waals surface area contributed by atoms with Crippen LogP contribution in [0.25, 0.3) is 0 Å². The SMILES string of the molecule is C[C@@H]1CN(C(=O)[C@@]2(C)CC2(Br)Br)[C@H](C)CN1C(=O)[C@]1(C)CC1(Br)Br. The first-order valence-electron chi connectivity index (χ1n) is 8.15. The van der Waals surface area contributed by atoms with E-state index >= 15 is 0 Å². The average Bonchev–Trinajstić information content (AvgIpc) is 3.19. The molecule has 8 heteroatoms. The molecule has 2 saturated carbocycles. The van der Waals surface area contributed by atoms with Crippen LogP contribution in [0.15, 0.2) is 0 Å². The lowest BCUT2D eigenvalue weighted by molar-refractivity contribution is -0.151. The van der Waals surface area contributed by atoms with Crippen LogP contribution < -0.4 is 0 Å². The summed E-state index contributed by atoms with van der Waals surface area (Å²) < 4.78 is -0.569. The summed E-state index contributed by atoms with van der Waals surface area (Å²) in [7, 11) is 0. The van der Waals surface area contributed by atoms with Gasteiger partial charge in [-0.3, -0.25) is 9.59 Å². The predicted octanol–water partition coefficient (Wildman–Crippen LogP) is 4.23. The van der Waals surface area contributed by atoms with E-state index in [1.807, 2.05) is 37.5 Å². The van der Waals surface area contributed by atoms with Crippen molar-refractivity contribution in [2.45, 2.75) is 59.1 Å². The first kappa shape index (κ1) is 19.6. The number of alkyl halides is 4. The third-order valence-corrected chi connectivity index (χ3v) is 10.6. The fourth-order valence-corrected chi connectivity index (χ4v) is 6.51. The Balaban J connectivity index is 1.72. The third kappa shape index (κ3) is 2.76. The summed E-state index contributed by atoms with van der Waals surface area (Å²) in [5, 5.41) is 0. The largest absolute Gasteiger partial charge is 0.336 e. The number of nitrogens with zero attached hydrogens (tertiary/aromatic N) is 2. The van der Waals surface area contributed by atoms with E-state index in [0.717, 1.165) is 12.8 Å². The third-order valence-electron chi connectivity index (χ3n) is 5.97. The van der Waals surface area contributed by atoms with Gasteiger partial charge in [0.15, 0.2) is 0 Å². The first-order valence-corrected chi connectivity index (χ1v) is 11.3. The molecule has 3 fully saturated rings. The van der Waals surface area contributed by atoms with Gasteiger partial charge in [0.1, 0.15) is 0 Å². The average molecular weight is 594 g/mol. The minimum Gasteiger partial charge on any atom is -0.336 e. The molecular weight excluding hydrogens is 572 g/mol. The number of hydrogen-bond donors (Lipinski definition) is 0. The van der Waals surface area contributed by atoms with E-state index in [9.17, 15) is 9.59 Å². The lowest BCUT2D eigenvalue weighted by atomic mass is 10.00. The summed E-state index contributed by atoms with van der Waals surface area (Å²) in [6.45, 7) is 9.22. The van der Waals surface area contributed by atoms with Gasteiger partial charge in [0.2, 0.25) is 11.8 Å². The van der Waals surface area contributed by atoms with Gasteiger partial charge >= 0.3 is 0 Å². The molecule has 0 N–H and O–H groups in total. The van der Waals surface area contributed by atoms with E-state index in [-0.39, 0.29) is 30.4 Å². The van der Waals surface area contributed by atoms with Gasteiger partial charge < -0.3 is 9.80 Å². The second-order valence-electron chi connectivity index (χ2n) is 8.04. The van der Waals surface area contributed by atoms with Crippen LogP contribution in [0.4, 0.5) is 0 Å². The number of rotatable bonds is 2. The molecule has 0 radical (unpaired) electrons. The second-order valence-corrected chi connectivity index (χ2v) is 15.6. The molecule has 3 rings (SSSR count). The topological polar surface area (TPSA) is 40.6 Å². The van der Waals surface area contributed by atoms with Gasteiger partial charge in [0.05, 0.1) is 17.3 Å². The number of amides is 2. The van der Waals surface area contributed by atoms with Crippen molar-refractivity contribution in [3.05, 3.63) is 0 Å². The molecule has 0 unspecified atom stereocenters. The highest BCUT2D eigenvalue weighted by atomic mass is 79.9. The maximum Gasteiger partial charge on any atom is 0.231 e. The normalized spacial score (nSPS) is 42.7. The molecule has 24 heavy (non-hydrogen) atoms. The first-order chi connectivity index (χ1) is 10.8. The van der Waals surface area contributed by atoms with Gasteiger partial charge in [-0.2, -0.15) is 0 Å². The Hall–Kier alpha value is 0.860. The highest BCUT2D eigenvalue weighted by Crippen LogP contribution is 2.68. The van der Waals surface area contributed by atoms with Crippen molar-refractivity contribution >= 4 is 75.5 Å². The van der Waals surface area contributed by atoms with E-state index < -0.39 is 10.8 Å². The van der Waals surface area contributed by atoms with Crippen molar-refractivity contribution in [3.8, 4) is 0 Å². The van der Waals surface area contributed by atoms with Crippen LogP contribution in [0.1, 0.15) is 40.5 Å². The molecule has 0 aromatic heterocycles. The monoisotopic (exact) mass is 590 g/mol. The molecule has 1 heterocycles. The Kier molecular flexibility index (Phi) is 4.64. The highest BCUT2D eigenvalue weighted by molar-refractivity contribution is 9.26. The van der Waals surface area contributed by atoms with E-state index in [1.165, 1.54) is 0 Å². The number of carbonyl (C=O) groups is 2. The van der Waals surface area contributed by atoms with Gasteiger partial charge in [-0.25, -0.2) is 0 Å². The number of halogens is 4. The lowest BCUT2D eigenvalue weighted by Crippen LogP contribution is -2.62. The summed E-state index contributed by atoms with van der Waals surface area (Å²) in [6.07, 6.45) is 1.57. The Morgan fingerprint density at radius 3 is 1.25 bits per heavy atom. The number of hydrogen-bond acceptors (Lipinski definition) is 2. The molecule has 4 nitrogen and oxygen atoms in total. The number of piperazine rings is 1. The van der Waals surface area contributed by atoms with Gasteiger partial charge in [-0.1, -0.05) is 63.7 Å². The molecule has 3 aliphatic rings. The van der Waals surface area contributed by atoms with Crippen LogP contribution in [-0.4, -0.2) is 53.3 Å². The van der Waals surface area contributed by atoms with Gasteiger partial charge in [-0.05, 0) is 40.5 Å². The van der Waals surface area contributed by atoms with Crippen LogP contribution in [0.2, 0.25) is 0 Å². The second kappa shape index (κ2) is 5.68. The van der Waals surface area contributed by atoms with Gasteiger partial charge in [0, 0.05) is 25.2 Å². The smallest absolute Gasteiger partial charge is 0.231 e. The zero-order valence-electron chi connectivity index (χ0n) is 14.2. The molecule has 1 saturated heterocycles. The van der Waals surface area contributed by atoms with E-state index in [1.54, 1.807) is 0 Å². The zero-order chi connectivity index (χ0) is 18.3. The molecule has 0 bridgehead atoms. The quantitative estimate of drug-likeness (QED) is 0.450. The Labute approximate surface area is 177 Å². The van der Waals surface area contributed by atoms with Crippen molar-refractivity contribution in [2.24, 2.45) is 10.8 Å². The summed E-state index contributed by atoms with van der Waals surface area (Å²) in [6, 6.07) is 0.0431. The standard InChI is InChI=1S/C16H22Br4N2O2/c1-9-5-22(12(24)14(4)8-16(14,19)20)10(2)6-21(9)11(23)13(3)7-15(13,17)18/h9-10H,5-8H2,1-4H3/t9-,10-,13-,14+/m1/s1. The summed E-state index contributed by atoms with van der Waals surface area (Å²) in [5.41, 5.74) is -0.812. The molecule has 0 aromatic carbocycles. The molecule has 0 aromatic rings. The minimum atomic E-state index is -0.406. The Bertz CT molecular complexity index is 559. The molecule has 136 valence electrons. The van der Waals surface area contributed by atoms with Crippen molar-refractivity contribution in [3.63, 3.8) is 0 Å².